The Kier molecular flexibility index (Phi) is 6.65. The predicted octanol–water partition coefficient (Wildman–Crippen LogP) is -0.647. The summed E-state index contributed by atoms with van der Waals surface area (Å²) in [6.45, 7) is 5.88. The van der Waals surface area contributed by atoms with Crippen molar-refractivity contribution >= 4 is 49.9 Å². The average molecular weight is 220 g/mol. The normalized spacial score (nSPS) is 15.3. The van der Waals surface area contributed by atoms with E-state index in [0.29, 0.717) is 16.7 Å². The molecule has 3 nitrogen and oxygen atoms in total. The van der Waals surface area contributed by atoms with Gasteiger partial charge in [0.15, 0.2) is 0 Å². The van der Waals surface area contributed by atoms with E-state index in [2.05, 4.69) is 0 Å². The first-order valence-corrected chi connectivity index (χ1v) is 6.25. The van der Waals surface area contributed by atoms with Gasteiger partial charge in [0.05, 0.1) is 4.87 Å². The van der Waals surface area contributed by atoms with E-state index in [-0.39, 0.29) is 35.0 Å². The van der Waals surface area contributed by atoms with E-state index in [1.54, 1.807) is 0 Å². The molecule has 0 saturated heterocycles. The summed E-state index contributed by atoms with van der Waals surface area (Å²) in [5, 5.41) is 0. The van der Waals surface area contributed by atoms with E-state index >= 15 is 0 Å². The van der Waals surface area contributed by atoms with Crippen LogP contribution in [0.5, 0.6) is 0 Å². The number of hydrogen-bond donors (Lipinski definition) is 1. The molecule has 1 N–H and O–H groups in total. The molecule has 0 saturated carbocycles. The fourth-order valence-electron chi connectivity index (χ4n) is 0.968. The van der Waals surface area contributed by atoms with Crippen LogP contribution in [0, 0.1) is 5.41 Å². The second kappa shape index (κ2) is 5.12. The molecule has 0 aliphatic carbocycles. The topological polar surface area (TPSA) is 54.4 Å². The van der Waals surface area contributed by atoms with Crippen molar-refractivity contribution in [3.63, 3.8) is 0 Å². The predicted molar refractivity (Wildman–Crippen MR) is 56.5 cm³/mol. The van der Waals surface area contributed by atoms with E-state index in [1.165, 1.54) is 0 Å². The fourth-order valence-corrected chi connectivity index (χ4v) is 2.90. The van der Waals surface area contributed by atoms with Gasteiger partial charge in [-0.25, -0.2) is 0 Å². The zero-order valence-electron chi connectivity index (χ0n) is 7.46. The van der Waals surface area contributed by atoms with Gasteiger partial charge in [-0.2, -0.15) is 8.42 Å². The van der Waals surface area contributed by atoms with E-state index in [9.17, 15) is 8.42 Å². The van der Waals surface area contributed by atoms with Gasteiger partial charge in [0, 0.05) is 10.2 Å². The molecule has 0 aliphatic rings. The van der Waals surface area contributed by atoms with Crippen molar-refractivity contribution in [2.75, 3.05) is 0 Å². The maximum atomic E-state index is 10.6. The summed E-state index contributed by atoms with van der Waals surface area (Å²) in [5.41, 5.74) is -0.0256. The van der Waals surface area contributed by atoms with Crippen molar-refractivity contribution < 1.29 is 13.0 Å². The molecule has 70 valence electrons. The summed E-state index contributed by atoms with van der Waals surface area (Å²) >= 11 is 0. The number of rotatable bonds is 2. The van der Waals surface area contributed by atoms with Crippen molar-refractivity contribution in [1.82, 2.24) is 0 Å². The molecule has 0 bridgehead atoms. The van der Waals surface area contributed by atoms with Crippen LogP contribution in [-0.4, -0.2) is 57.6 Å². The molecule has 0 fully saturated rings. The van der Waals surface area contributed by atoms with Crippen molar-refractivity contribution in [2.24, 2.45) is 5.41 Å². The molecule has 12 heavy (non-hydrogen) atoms. The summed E-state index contributed by atoms with van der Waals surface area (Å²) in [5.74, 6) is 0. The average Bonchev–Trinajstić information content (AvgIpc) is 1.56. The summed E-state index contributed by atoms with van der Waals surface area (Å²) < 4.78 is 29.9. The van der Waals surface area contributed by atoms with Gasteiger partial charge in [-0.1, -0.05) is 20.8 Å². The first-order chi connectivity index (χ1) is 4.63. The summed E-state index contributed by atoms with van der Waals surface area (Å²) in [6.07, 6.45) is 0.540. The summed E-state index contributed by atoms with van der Waals surface area (Å²) in [6, 6.07) is 0. The monoisotopic (exact) mass is 220 g/mol. The molecule has 6 heteroatoms. The third-order valence-corrected chi connectivity index (χ3v) is 4.79. The first kappa shape index (κ1) is 15.6. The zero-order chi connectivity index (χ0) is 9.28. The van der Waals surface area contributed by atoms with Crippen LogP contribution < -0.4 is 0 Å². The van der Waals surface area contributed by atoms with Gasteiger partial charge in [0.1, 0.15) is 0 Å². The zero-order valence-corrected chi connectivity index (χ0v) is 10.3. The Balaban J connectivity index is 0. The van der Waals surface area contributed by atoms with Crippen molar-refractivity contribution in [1.29, 1.82) is 0 Å². The Morgan fingerprint density at radius 3 is 1.83 bits per heavy atom. The van der Waals surface area contributed by atoms with Crippen molar-refractivity contribution in [3.05, 3.63) is 0 Å². The van der Waals surface area contributed by atoms with E-state index in [4.69, 9.17) is 4.55 Å². The van der Waals surface area contributed by atoms with E-state index in [0.717, 1.165) is 0 Å². The quantitative estimate of drug-likeness (QED) is 0.497. The Morgan fingerprint density at radius 2 is 1.75 bits per heavy atom. The van der Waals surface area contributed by atoms with Gasteiger partial charge < -0.3 is 0 Å². The second-order valence-electron chi connectivity index (χ2n) is 4.09. The Morgan fingerprint density at radius 1 is 1.42 bits per heavy atom. The van der Waals surface area contributed by atoms with Crippen LogP contribution in [0.1, 0.15) is 27.2 Å². The molecule has 0 heterocycles. The van der Waals surface area contributed by atoms with E-state index < -0.39 is 15.0 Å². The molecule has 0 aliphatic heterocycles. The third kappa shape index (κ3) is 7.76. The van der Waals surface area contributed by atoms with Gasteiger partial charge in [-0.3, -0.25) is 4.55 Å². The van der Waals surface area contributed by atoms with E-state index in [1.807, 2.05) is 20.8 Å². The second-order valence-corrected chi connectivity index (χ2v) is 8.16. The molecule has 0 rings (SSSR count). The molecular formula is C6H17NaO3SSi. The van der Waals surface area contributed by atoms with Crippen LogP contribution in [0.3, 0.4) is 0 Å². The van der Waals surface area contributed by atoms with Gasteiger partial charge in [-0.15, -0.1) is 0 Å². The van der Waals surface area contributed by atoms with Gasteiger partial charge in [0.25, 0.3) is 10.1 Å². The van der Waals surface area contributed by atoms with Gasteiger partial charge in [-0.05, 0) is 11.8 Å². The molecular weight excluding hydrogens is 203 g/mol. The molecule has 0 aromatic rings. The molecule has 1 atom stereocenters. The molecule has 0 spiro atoms. The molecule has 0 aromatic heterocycles. The van der Waals surface area contributed by atoms with Crippen LogP contribution in [0.15, 0.2) is 0 Å². The summed E-state index contributed by atoms with van der Waals surface area (Å²) in [4.78, 5) is -0.525. The summed E-state index contributed by atoms with van der Waals surface area (Å²) in [7, 11) is -3.28. The Bertz CT molecular complexity index is 219. The SMILES string of the molecule is CC(C)(C)CC([SiH3])S(=O)(=O)O.[NaH]. The van der Waals surface area contributed by atoms with Crippen molar-refractivity contribution in [3.8, 4) is 0 Å². The van der Waals surface area contributed by atoms with Crippen LogP contribution in [0.2, 0.25) is 0 Å². The number of hydrogen-bond acceptors (Lipinski definition) is 2. The third-order valence-electron chi connectivity index (χ3n) is 1.41. The van der Waals surface area contributed by atoms with Crippen LogP contribution in [0.25, 0.3) is 0 Å². The molecule has 1 unspecified atom stereocenters. The minimum atomic E-state index is -3.77. The fraction of sp³-hybridized carbons (Fsp3) is 1.00. The molecule has 0 aromatic carbocycles. The first-order valence-electron chi connectivity index (χ1n) is 3.59. The standard InChI is InChI=1S/C6H16O3SSi.Na.H/c1-6(2,3)4-5(11)10(7,8)9;;/h5H,4H2,1-3,11H3,(H,7,8,9);;. The molecule has 0 radical (unpaired) electrons. The Labute approximate surface area is 99.8 Å². The molecule has 0 amide bonds. The minimum absolute atomic E-state index is 0. The van der Waals surface area contributed by atoms with Gasteiger partial charge in [0.2, 0.25) is 0 Å². The van der Waals surface area contributed by atoms with Crippen molar-refractivity contribution in [2.45, 2.75) is 32.1 Å². The maximum absolute atomic E-state index is 10.6. The van der Waals surface area contributed by atoms with Crippen LogP contribution >= 0.6 is 0 Å². The van der Waals surface area contributed by atoms with Crippen LogP contribution in [-0.2, 0) is 10.1 Å². The van der Waals surface area contributed by atoms with Gasteiger partial charge >= 0.3 is 29.6 Å². The Hall–Kier alpha value is 1.13. The van der Waals surface area contributed by atoms with Crippen LogP contribution in [0.4, 0.5) is 0 Å².